The van der Waals surface area contributed by atoms with Crippen molar-refractivity contribution in [3.63, 3.8) is 0 Å². The molecule has 4 nitrogen and oxygen atoms in total. The van der Waals surface area contributed by atoms with Crippen molar-refractivity contribution in [2.45, 2.75) is 6.42 Å². The molecule has 1 fully saturated rings. The molecule has 0 N–H and O–H groups in total. The fraction of sp³-hybridized carbons (Fsp3) is 0.0435. The monoisotopic (exact) mass is 355 g/mol. The number of para-hydroxylation sites is 1. The Kier molecular flexibility index (Phi) is 4.54. The molecule has 1 aliphatic rings. The molecular formula is C23H17NO3. The zero-order valence-electron chi connectivity index (χ0n) is 14.5. The van der Waals surface area contributed by atoms with E-state index >= 15 is 0 Å². The van der Waals surface area contributed by atoms with Crippen LogP contribution in [0.15, 0.2) is 96.9 Å². The minimum absolute atomic E-state index is 0.270. The number of cyclic esters (lactones) is 1. The molecule has 0 radical (unpaired) electrons. The van der Waals surface area contributed by atoms with Gasteiger partial charge < -0.3 is 4.74 Å². The van der Waals surface area contributed by atoms with Gasteiger partial charge in [0.2, 0.25) is 5.88 Å². The van der Waals surface area contributed by atoms with Crippen LogP contribution in [0.4, 0.5) is 5.69 Å². The van der Waals surface area contributed by atoms with Crippen LogP contribution in [0.5, 0.6) is 0 Å². The standard InChI is InChI=1S/C23H17NO3/c25-21-23(26)27-22(24(21)19-14-8-3-9-15-19)20(18-12-6-2-7-13-18)16-17-10-4-1-5-11-17/h1-15H,16H2. The highest BCUT2D eigenvalue weighted by Gasteiger charge is 2.40. The van der Waals surface area contributed by atoms with E-state index < -0.39 is 11.9 Å². The highest BCUT2D eigenvalue weighted by Crippen LogP contribution is 2.33. The molecule has 1 saturated heterocycles. The third-order valence-corrected chi connectivity index (χ3v) is 4.39. The molecule has 0 bridgehead atoms. The number of rotatable bonds is 4. The SMILES string of the molecule is O=C1OC(=C(Cc2ccccc2)c2ccccc2)N(c2ccccc2)C1=O. The largest absolute Gasteiger partial charge is 0.404 e. The van der Waals surface area contributed by atoms with Gasteiger partial charge in [0.15, 0.2) is 0 Å². The second kappa shape index (κ2) is 7.30. The molecule has 0 atom stereocenters. The molecule has 1 aliphatic heterocycles. The van der Waals surface area contributed by atoms with E-state index in [2.05, 4.69) is 0 Å². The number of ether oxygens (including phenoxy) is 1. The summed E-state index contributed by atoms with van der Waals surface area (Å²) in [5.74, 6) is -1.28. The summed E-state index contributed by atoms with van der Waals surface area (Å²) < 4.78 is 5.45. The number of amides is 1. The minimum Gasteiger partial charge on any atom is -0.401 e. The fourth-order valence-electron chi connectivity index (χ4n) is 3.11. The molecule has 4 heteroatoms. The van der Waals surface area contributed by atoms with E-state index in [4.69, 9.17) is 4.74 Å². The van der Waals surface area contributed by atoms with Gasteiger partial charge in [-0.2, -0.15) is 0 Å². The van der Waals surface area contributed by atoms with Crippen LogP contribution in [0.1, 0.15) is 11.1 Å². The van der Waals surface area contributed by atoms with E-state index in [1.165, 1.54) is 4.90 Å². The average Bonchev–Trinajstić information content (AvgIpc) is 3.02. The third-order valence-electron chi connectivity index (χ3n) is 4.39. The molecule has 0 aliphatic carbocycles. The molecule has 0 aromatic heterocycles. The summed E-state index contributed by atoms with van der Waals surface area (Å²) in [5, 5.41) is 0. The van der Waals surface area contributed by atoms with Crippen molar-refractivity contribution in [2.75, 3.05) is 4.90 Å². The zero-order valence-corrected chi connectivity index (χ0v) is 14.5. The lowest BCUT2D eigenvalue weighted by Crippen LogP contribution is -2.26. The molecule has 4 rings (SSSR count). The number of hydrogen-bond donors (Lipinski definition) is 0. The second-order valence-corrected chi connectivity index (χ2v) is 6.18. The van der Waals surface area contributed by atoms with Gasteiger partial charge in [0.1, 0.15) is 0 Å². The van der Waals surface area contributed by atoms with Gasteiger partial charge in [-0.25, -0.2) is 9.69 Å². The van der Waals surface area contributed by atoms with E-state index in [1.807, 2.05) is 78.9 Å². The predicted molar refractivity (Wildman–Crippen MR) is 104 cm³/mol. The first-order valence-corrected chi connectivity index (χ1v) is 8.68. The summed E-state index contributed by atoms with van der Waals surface area (Å²) >= 11 is 0. The summed E-state index contributed by atoms with van der Waals surface area (Å²) in [6, 6.07) is 28.6. The van der Waals surface area contributed by atoms with Crippen molar-refractivity contribution in [3.05, 3.63) is 108 Å². The molecule has 1 heterocycles. The molecule has 3 aromatic carbocycles. The van der Waals surface area contributed by atoms with Crippen molar-refractivity contribution in [1.82, 2.24) is 0 Å². The summed E-state index contributed by atoms with van der Waals surface area (Å²) in [4.78, 5) is 26.0. The smallest absolute Gasteiger partial charge is 0.401 e. The van der Waals surface area contributed by atoms with Gasteiger partial charge in [-0.1, -0.05) is 78.9 Å². The Balaban J connectivity index is 1.88. The van der Waals surface area contributed by atoms with Gasteiger partial charge in [-0.15, -0.1) is 0 Å². The van der Waals surface area contributed by atoms with Crippen LogP contribution in [0, 0.1) is 0 Å². The maximum atomic E-state index is 12.5. The molecule has 3 aromatic rings. The van der Waals surface area contributed by atoms with Gasteiger partial charge in [0, 0.05) is 12.0 Å². The summed E-state index contributed by atoms with van der Waals surface area (Å²) in [7, 11) is 0. The summed E-state index contributed by atoms with van der Waals surface area (Å²) in [6.45, 7) is 0. The number of carbonyl (C=O) groups is 2. The lowest BCUT2D eigenvalue weighted by Gasteiger charge is -2.19. The van der Waals surface area contributed by atoms with E-state index in [0.717, 1.165) is 16.7 Å². The molecule has 1 amide bonds. The highest BCUT2D eigenvalue weighted by atomic mass is 16.6. The number of esters is 1. The summed E-state index contributed by atoms with van der Waals surface area (Å²) in [5.41, 5.74) is 3.35. The molecule has 0 spiro atoms. The molecule has 0 saturated carbocycles. The van der Waals surface area contributed by atoms with Gasteiger partial charge in [-0.05, 0) is 23.3 Å². The Labute approximate surface area is 157 Å². The van der Waals surface area contributed by atoms with Crippen LogP contribution < -0.4 is 4.90 Å². The Morgan fingerprint density at radius 1 is 0.741 bits per heavy atom. The third kappa shape index (κ3) is 3.37. The lowest BCUT2D eigenvalue weighted by atomic mass is 9.98. The highest BCUT2D eigenvalue weighted by molar-refractivity contribution is 6.41. The first-order chi connectivity index (χ1) is 13.2. The number of nitrogens with zero attached hydrogens (tertiary/aromatic N) is 1. The molecule has 132 valence electrons. The first kappa shape index (κ1) is 16.8. The van der Waals surface area contributed by atoms with Crippen molar-refractivity contribution in [3.8, 4) is 0 Å². The maximum absolute atomic E-state index is 12.5. The van der Waals surface area contributed by atoms with Crippen LogP contribution in [-0.2, 0) is 20.7 Å². The van der Waals surface area contributed by atoms with Gasteiger partial charge in [0.25, 0.3) is 0 Å². The first-order valence-electron chi connectivity index (χ1n) is 8.68. The minimum atomic E-state index is -0.865. The number of anilines is 1. The number of allylic oxidation sites excluding steroid dienone is 1. The molecule has 0 unspecified atom stereocenters. The topological polar surface area (TPSA) is 46.6 Å². The van der Waals surface area contributed by atoms with E-state index in [-0.39, 0.29) is 5.88 Å². The average molecular weight is 355 g/mol. The van der Waals surface area contributed by atoms with Gasteiger partial charge >= 0.3 is 11.9 Å². The van der Waals surface area contributed by atoms with Crippen molar-refractivity contribution < 1.29 is 14.3 Å². The predicted octanol–water partition coefficient (Wildman–Crippen LogP) is 4.19. The number of carbonyl (C=O) groups excluding carboxylic acids is 2. The fourth-order valence-corrected chi connectivity index (χ4v) is 3.11. The van der Waals surface area contributed by atoms with E-state index in [9.17, 15) is 9.59 Å². The van der Waals surface area contributed by atoms with Gasteiger partial charge in [-0.3, -0.25) is 4.79 Å². The summed E-state index contributed by atoms with van der Waals surface area (Å²) in [6.07, 6.45) is 0.532. The van der Waals surface area contributed by atoms with Crippen molar-refractivity contribution >= 4 is 23.1 Å². The Morgan fingerprint density at radius 2 is 1.30 bits per heavy atom. The van der Waals surface area contributed by atoms with Crippen LogP contribution in [0.25, 0.3) is 5.57 Å². The zero-order chi connectivity index (χ0) is 18.6. The Bertz CT molecular complexity index is 996. The number of benzene rings is 3. The molecular weight excluding hydrogens is 338 g/mol. The maximum Gasteiger partial charge on any atom is 0.404 e. The Morgan fingerprint density at radius 3 is 1.93 bits per heavy atom. The molecule has 27 heavy (non-hydrogen) atoms. The lowest BCUT2D eigenvalue weighted by molar-refractivity contribution is -0.145. The van der Waals surface area contributed by atoms with E-state index in [0.29, 0.717) is 12.1 Å². The van der Waals surface area contributed by atoms with Crippen molar-refractivity contribution in [2.24, 2.45) is 0 Å². The van der Waals surface area contributed by atoms with Crippen LogP contribution >= 0.6 is 0 Å². The van der Waals surface area contributed by atoms with Crippen LogP contribution in [-0.4, -0.2) is 11.9 Å². The van der Waals surface area contributed by atoms with Crippen molar-refractivity contribution in [1.29, 1.82) is 0 Å². The second-order valence-electron chi connectivity index (χ2n) is 6.18. The normalized spacial score (nSPS) is 15.6. The quantitative estimate of drug-likeness (QED) is 0.521. The van der Waals surface area contributed by atoms with Crippen LogP contribution in [0.3, 0.4) is 0 Å². The number of hydrogen-bond acceptors (Lipinski definition) is 3. The Hall–Kier alpha value is -3.66. The van der Waals surface area contributed by atoms with E-state index in [1.54, 1.807) is 12.1 Å². The van der Waals surface area contributed by atoms with Gasteiger partial charge in [0.05, 0.1) is 5.69 Å². The van der Waals surface area contributed by atoms with Crippen LogP contribution in [0.2, 0.25) is 0 Å².